The van der Waals surface area contributed by atoms with Crippen molar-refractivity contribution in [1.82, 2.24) is 5.32 Å². The minimum atomic E-state index is -0.668. The topological polar surface area (TPSA) is 47.6 Å². The summed E-state index contributed by atoms with van der Waals surface area (Å²) in [6, 6.07) is 3.62. The summed E-state index contributed by atoms with van der Waals surface area (Å²) in [4.78, 5) is 11.9. The summed E-state index contributed by atoms with van der Waals surface area (Å²) in [5.74, 6) is -1.27. The molecule has 1 amide bonds. The maximum Gasteiger partial charge on any atom is 0.256 e. The van der Waals surface area contributed by atoms with Crippen molar-refractivity contribution >= 4 is 17.5 Å². The van der Waals surface area contributed by atoms with Gasteiger partial charge < -0.3 is 14.8 Å². The van der Waals surface area contributed by atoms with E-state index in [0.717, 1.165) is 0 Å². The molecule has 1 aromatic carbocycles. The molecule has 0 aliphatic rings. The monoisotopic (exact) mass is 275 g/mol. The van der Waals surface area contributed by atoms with Crippen LogP contribution in [0, 0.1) is 5.82 Å². The summed E-state index contributed by atoms with van der Waals surface area (Å²) >= 11 is 5.79. The molecule has 1 rings (SSSR count). The van der Waals surface area contributed by atoms with Crippen molar-refractivity contribution in [2.24, 2.45) is 0 Å². The number of halogens is 2. The standard InChI is InChI=1S/C12H15ClFNO3/c1-7(12(17-2)18-3)15-11(16)10-8(13)5-4-6-9(10)14/h4-7,12H,1-3H3,(H,15,16). The van der Waals surface area contributed by atoms with E-state index in [-0.39, 0.29) is 10.6 Å². The molecule has 0 spiro atoms. The van der Waals surface area contributed by atoms with Crippen LogP contribution in [0.4, 0.5) is 4.39 Å². The summed E-state index contributed by atoms with van der Waals surface area (Å²) in [6.45, 7) is 1.68. The highest BCUT2D eigenvalue weighted by Gasteiger charge is 2.22. The molecule has 1 N–H and O–H groups in total. The Hall–Kier alpha value is -1.17. The zero-order valence-corrected chi connectivity index (χ0v) is 11.1. The van der Waals surface area contributed by atoms with Crippen LogP contribution in [0.15, 0.2) is 18.2 Å². The minimum Gasteiger partial charge on any atom is -0.354 e. The van der Waals surface area contributed by atoms with Crippen LogP contribution in [0.3, 0.4) is 0 Å². The average Bonchev–Trinajstić information content (AvgIpc) is 2.30. The van der Waals surface area contributed by atoms with Gasteiger partial charge in [0.25, 0.3) is 5.91 Å². The van der Waals surface area contributed by atoms with Gasteiger partial charge in [-0.3, -0.25) is 4.79 Å². The molecule has 0 bridgehead atoms. The molecular formula is C12H15ClFNO3. The lowest BCUT2D eigenvalue weighted by atomic mass is 10.2. The van der Waals surface area contributed by atoms with Gasteiger partial charge in [0.15, 0.2) is 6.29 Å². The molecule has 1 aromatic rings. The summed E-state index contributed by atoms with van der Waals surface area (Å²) in [6.07, 6.45) is -0.612. The van der Waals surface area contributed by atoms with Crippen molar-refractivity contribution in [2.45, 2.75) is 19.3 Å². The Morgan fingerprint density at radius 2 is 2.00 bits per heavy atom. The van der Waals surface area contributed by atoms with Gasteiger partial charge in [0.1, 0.15) is 5.82 Å². The van der Waals surface area contributed by atoms with Gasteiger partial charge >= 0.3 is 0 Å². The van der Waals surface area contributed by atoms with E-state index >= 15 is 0 Å². The van der Waals surface area contributed by atoms with Gasteiger partial charge in [0, 0.05) is 14.2 Å². The molecule has 0 radical (unpaired) electrons. The zero-order valence-electron chi connectivity index (χ0n) is 10.4. The van der Waals surface area contributed by atoms with E-state index in [1.165, 1.54) is 32.4 Å². The highest BCUT2D eigenvalue weighted by atomic mass is 35.5. The quantitative estimate of drug-likeness (QED) is 0.838. The van der Waals surface area contributed by atoms with Crippen molar-refractivity contribution in [3.8, 4) is 0 Å². The second-order valence-electron chi connectivity index (χ2n) is 3.70. The largest absolute Gasteiger partial charge is 0.354 e. The lowest BCUT2D eigenvalue weighted by Crippen LogP contribution is -2.43. The van der Waals surface area contributed by atoms with Crippen molar-refractivity contribution in [1.29, 1.82) is 0 Å². The van der Waals surface area contributed by atoms with Gasteiger partial charge in [-0.25, -0.2) is 4.39 Å². The molecule has 0 aliphatic carbocycles. The van der Waals surface area contributed by atoms with E-state index < -0.39 is 24.1 Å². The molecule has 0 saturated heterocycles. The smallest absolute Gasteiger partial charge is 0.256 e. The number of amides is 1. The molecule has 0 aliphatic heterocycles. The molecule has 1 unspecified atom stereocenters. The molecule has 4 nitrogen and oxygen atoms in total. The van der Waals surface area contributed by atoms with E-state index in [9.17, 15) is 9.18 Å². The predicted molar refractivity (Wildman–Crippen MR) is 66.1 cm³/mol. The SMILES string of the molecule is COC(OC)C(C)NC(=O)c1c(F)cccc1Cl. The van der Waals surface area contributed by atoms with Gasteiger partial charge in [-0.2, -0.15) is 0 Å². The molecule has 0 saturated carbocycles. The summed E-state index contributed by atoms with van der Waals surface area (Å²) < 4.78 is 23.5. The third kappa shape index (κ3) is 3.41. The highest BCUT2D eigenvalue weighted by molar-refractivity contribution is 6.33. The van der Waals surface area contributed by atoms with Gasteiger partial charge in [-0.15, -0.1) is 0 Å². The first-order chi connectivity index (χ1) is 8.51. The third-order valence-corrected chi connectivity index (χ3v) is 2.74. The van der Waals surface area contributed by atoms with Crippen molar-refractivity contribution in [3.05, 3.63) is 34.6 Å². The lowest BCUT2D eigenvalue weighted by molar-refractivity contribution is -0.117. The normalized spacial score (nSPS) is 12.6. The number of carbonyl (C=O) groups excluding carboxylic acids is 1. The molecule has 0 aromatic heterocycles. The molecule has 1 atom stereocenters. The Kier molecular flexibility index (Phi) is 5.53. The summed E-state index contributed by atoms with van der Waals surface area (Å²) in [5.41, 5.74) is -0.183. The predicted octanol–water partition coefficient (Wildman–Crippen LogP) is 2.22. The van der Waals surface area contributed by atoms with Crippen LogP contribution < -0.4 is 5.32 Å². The van der Waals surface area contributed by atoms with Gasteiger partial charge in [0.2, 0.25) is 0 Å². The second-order valence-corrected chi connectivity index (χ2v) is 4.11. The average molecular weight is 276 g/mol. The molecule has 18 heavy (non-hydrogen) atoms. The fourth-order valence-corrected chi connectivity index (χ4v) is 1.82. The number of hydrogen-bond acceptors (Lipinski definition) is 3. The molecular weight excluding hydrogens is 261 g/mol. The molecule has 100 valence electrons. The zero-order chi connectivity index (χ0) is 13.7. The number of rotatable bonds is 5. The third-order valence-electron chi connectivity index (χ3n) is 2.42. The molecule has 6 heteroatoms. The Morgan fingerprint density at radius 3 is 2.50 bits per heavy atom. The number of benzene rings is 1. The second kappa shape index (κ2) is 6.68. The van der Waals surface area contributed by atoms with Crippen LogP contribution in [0.5, 0.6) is 0 Å². The maximum absolute atomic E-state index is 13.5. The first-order valence-corrected chi connectivity index (χ1v) is 5.69. The number of hydrogen-bond donors (Lipinski definition) is 1. The number of nitrogens with one attached hydrogen (secondary N) is 1. The van der Waals surface area contributed by atoms with Gasteiger partial charge in [0.05, 0.1) is 16.6 Å². The van der Waals surface area contributed by atoms with E-state index in [4.69, 9.17) is 21.1 Å². The lowest BCUT2D eigenvalue weighted by Gasteiger charge is -2.22. The highest BCUT2D eigenvalue weighted by Crippen LogP contribution is 2.19. The Bertz CT molecular complexity index is 404. The molecule has 0 heterocycles. The first kappa shape index (κ1) is 14.9. The van der Waals surface area contributed by atoms with E-state index in [2.05, 4.69) is 5.32 Å². The van der Waals surface area contributed by atoms with Crippen molar-refractivity contribution in [2.75, 3.05) is 14.2 Å². The number of carbonyl (C=O) groups is 1. The van der Waals surface area contributed by atoms with Crippen LogP contribution in [-0.4, -0.2) is 32.5 Å². The van der Waals surface area contributed by atoms with Crippen LogP contribution in [-0.2, 0) is 9.47 Å². The Balaban J connectivity index is 2.83. The fraction of sp³-hybridized carbons (Fsp3) is 0.417. The number of ether oxygens (including phenoxy) is 2. The van der Waals surface area contributed by atoms with E-state index in [0.29, 0.717) is 0 Å². The van der Waals surface area contributed by atoms with E-state index in [1.807, 2.05) is 0 Å². The van der Waals surface area contributed by atoms with Gasteiger partial charge in [-0.1, -0.05) is 17.7 Å². The van der Waals surface area contributed by atoms with Crippen LogP contribution in [0.2, 0.25) is 5.02 Å². The Labute approximate surface area is 110 Å². The maximum atomic E-state index is 13.5. The van der Waals surface area contributed by atoms with Crippen LogP contribution >= 0.6 is 11.6 Å². The first-order valence-electron chi connectivity index (χ1n) is 5.31. The number of methoxy groups -OCH3 is 2. The van der Waals surface area contributed by atoms with Crippen LogP contribution in [0.25, 0.3) is 0 Å². The van der Waals surface area contributed by atoms with Crippen molar-refractivity contribution in [3.63, 3.8) is 0 Å². The van der Waals surface area contributed by atoms with Gasteiger partial charge in [-0.05, 0) is 19.1 Å². The molecule has 0 fully saturated rings. The van der Waals surface area contributed by atoms with E-state index in [1.54, 1.807) is 6.92 Å². The minimum absolute atomic E-state index is 0.0612. The summed E-state index contributed by atoms with van der Waals surface area (Å²) in [7, 11) is 2.90. The Morgan fingerprint density at radius 1 is 1.39 bits per heavy atom. The fourth-order valence-electron chi connectivity index (χ4n) is 1.57. The van der Waals surface area contributed by atoms with Crippen molar-refractivity contribution < 1.29 is 18.7 Å². The van der Waals surface area contributed by atoms with Crippen LogP contribution in [0.1, 0.15) is 17.3 Å². The summed E-state index contributed by atoms with van der Waals surface area (Å²) in [5, 5.41) is 2.63.